The summed E-state index contributed by atoms with van der Waals surface area (Å²) in [5, 5.41) is 4.68. The first-order chi connectivity index (χ1) is 13.9. The molecule has 0 aliphatic carbocycles. The molecular weight excluding hydrogens is 388 g/mol. The number of rotatable bonds is 4. The molecule has 1 aliphatic heterocycles. The van der Waals surface area contributed by atoms with Crippen LogP contribution in [0, 0.1) is 0 Å². The van der Waals surface area contributed by atoms with E-state index < -0.39 is 10.0 Å². The zero-order valence-corrected chi connectivity index (χ0v) is 16.9. The molecule has 8 heteroatoms. The summed E-state index contributed by atoms with van der Waals surface area (Å²) in [6, 6.07) is 21.0. The third kappa shape index (κ3) is 4.08. The van der Waals surface area contributed by atoms with Crippen LogP contribution in [-0.4, -0.2) is 65.7 Å². The quantitative estimate of drug-likeness (QED) is 0.661. The van der Waals surface area contributed by atoms with Gasteiger partial charge in [0.1, 0.15) is 5.69 Å². The average molecular weight is 410 g/mol. The second kappa shape index (κ2) is 7.81. The minimum atomic E-state index is -3.24. The van der Waals surface area contributed by atoms with Crippen molar-refractivity contribution in [2.24, 2.45) is 0 Å². The van der Waals surface area contributed by atoms with Gasteiger partial charge in [0.2, 0.25) is 10.0 Å². The maximum absolute atomic E-state index is 13.3. The number of aromatic nitrogens is 2. The van der Waals surface area contributed by atoms with Crippen LogP contribution in [0.15, 0.2) is 66.7 Å². The third-order valence-corrected chi connectivity index (χ3v) is 6.30. The largest absolute Gasteiger partial charge is 0.335 e. The van der Waals surface area contributed by atoms with Crippen molar-refractivity contribution in [1.29, 1.82) is 0 Å². The lowest BCUT2D eigenvalue weighted by Gasteiger charge is -2.33. The van der Waals surface area contributed by atoms with Gasteiger partial charge in [0.05, 0.1) is 17.6 Å². The van der Waals surface area contributed by atoms with E-state index >= 15 is 0 Å². The third-order valence-electron chi connectivity index (χ3n) is 4.99. The monoisotopic (exact) mass is 410 g/mol. The maximum atomic E-state index is 13.3. The molecule has 1 fully saturated rings. The van der Waals surface area contributed by atoms with Gasteiger partial charge in [-0.25, -0.2) is 13.1 Å². The first-order valence-electron chi connectivity index (χ1n) is 9.39. The summed E-state index contributed by atoms with van der Waals surface area (Å²) in [6.07, 6.45) is 1.20. The van der Waals surface area contributed by atoms with Crippen molar-refractivity contribution in [2.75, 3.05) is 32.4 Å². The summed E-state index contributed by atoms with van der Waals surface area (Å²) in [7, 11) is -3.24. The highest BCUT2D eigenvalue weighted by Crippen LogP contribution is 2.23. The van der Waals surface area contributed by atoms with Gasteiger partial charge < -0.3 is 4.90 Å². The molecule has 0 radical (unpaired) electrons. The molecule has 1 aliphatic rings. The van der Waals surface area contributed by atoms with Crippen molar-refractivity contribution in [3.05, 3.63) is 72.4 Å². The van der Waals surface area contributed by atoms with E-state index in [9.17, 15) is 13.2 Å². The van der Waals surface area contributed by atoms with E-state index in [1.807, 2.05) is 60.7 Å². The summed E-state index contributed by atoms with van der Waals surface area (Å²) in [6.45, 7) is 1.31. The molecule has 4 rings (SSSR count). The number of para-hydroxylation sites is 1. The van der Waals surface area contributed by atoms with Crippen molar-refractivity contribution >= 4 is 15.9 Å². The van der Waals surface area contributed by atoms with Gasteiger partial charge >= 0.3 is 0 Å². The highest BCUT2D eigenvalue weighted by atomic mass is 32.2. The molecule has 150 valence electrons. The van der Waals surface area contributed by atoms with Crippen molar-refractivity contribution in [1.82, 2.24) is 19.0 Å². The van der Waals surface area contributed by atoms with Crippen LogP contribution in [0.2, 0.25) is 0 Å². The molecule has 2 aromatic carbocycles. The first-order valence-corrected chi connectivity index (χ1v) is 11.2. The smallest absolute Gasteiger partial charge is 0.272 e. The van der Waals surface area contributed by atoms with Crippen LogP contribution in [-0.2, 0) is 10.0 Å². The number of carbonyl (C=O) groups is 1. The van der Waals surface area contributed by atoms with Gasteiger partial charge in [-0.1, -0.05) is 48.5 Å². The minimum Gasteiger partial charge on any atom is -0.335 e. The van der Waals surface area contributed by atoms with E-state index in [-0.39, 0.29) is 5.91 Å². The lowest BCUT2D eigenvalue weighted by Crippen LogP contribution is -2.50. The van der Waals surface area contributed by atoms with Crippen LogP contribution in [0.25, 0.3) is 16.9 Å². The van der Waals surface area contributed by atoms with Gasteiger partial charge in [-0.05, 0) is 18.2 Å². The fraction of sp³-hybridized carbons (Fsp3) is 0.238. The molecule has 1 amide bonds. The van der Waals surface area contributed by atoms with Crippen LogP contribution in [0.5, 0.6) is 0 Å². The normalized spacial score (nSPS) is 15.4. The molecule has 3 aromatic rings. The summed E-state index contributed by atoms with van der Waals surface area (Å²) in [5.41, 5.74) is 2.90. The lowest BCUT2D eigenvalue weighted by atomic mass is 10.1. The van der Waals surface area contributed by atoms with Gasteiger partial charge in [-0.3, -0.25) is 4.79 Å². The van der Waals surface area contributed by atoms with E-state index in [1.165, 1.54) is 10.6 Å². The summed E-state index contributed by atoms with van der Waals surface area (Å²) in [4.78, 5) is 15.0. The van der Waals surface area contributed by atoms with E-state index in [1.54, 1.807) is 15.6 Å². The van der Waals surface area contributed by atoms with E-state index in [2.05, 4.69) is 5.10 Å². The number of sulfonamides is 1. The summed E-state index contributed by atoms with van der Waals surface area (Å²) < 4.78 is 26.5. The fourth-order valence-corrected chi connectivity index (χ4v) is 4.26. The van der Waals surface area contributed by atoms with Crippen LogP contribution in [0.1, 0.15) is 10.5 Å². The SMILES string of the molecule is CS(=O)(=O)N1CCN(C(=O)c2cc(-c3ccccc3)nn2-c2ccccc2)CC1. The Hall–Kier alpha value is -2.97. The van der Waals surface area contributed by atoms with Gasteiger partial charge in [0.15, 0.2) is 0 Å². The lowest BCUT2D eigenvalue weighted by molar-refractivity contribution is 0.0689. The van der Waals surface area contributed by atoms with Gasteiger partial charge in [-0.15, -0.1) is 0 Å². The molecule has 0 bridgehead atoms. The summed E-state index contributed by atoms with van der Waals surface area (Å²) in [5.74, 6) is -0.156. The van der Waals surface area contributed by atoms with E-state index in [0.717, 1.165) is 11.3 Å². The Morgan fingerprint density at radius 3 is 2.07 bits per heavy atom. The Labute approximate surface area is 170 Å². The molecule has 1 saturated heterocycles. The fourth-order valence-electron chi connectivity index (χ4n) is 3.43. The standard InChI is InChI=1S/C21H22N4O3S/c1-29(27,28)24-14-12-23(13-15-24)21(26)20-16-19(17-8-4-2-5-9-17)22-25(20)18-10-6-3-7-11-18/h2-11,16H,12-15H2,1H3. The second-order valence-electron chi connectivity index (χ2n) is 6.98. The Balaban J connectivity index is 1.67. The van der Waals surface area contributed by atoms with Gasteiger partial charge in [-0.2, -0.15) is 9.40 Å². The molecule has 0 N–H and O–H groups in total. The molecule has 0 saturated carbocycles. The highest BCUT2D eigenvalue weighted by Gasteiger charge is 2.29. The first kappa shape index (κ1) is 19.4. The Morgan fingerprint density at radius 2 is 1.48 bits per heavy atom. The Morgan fingerprint density at radius 1 is 0.897 bits per heavy atom. The number of piperazine rings is 1. The molecule has 2 heterocycles. The van der Waals surface area contributed by atoms with Crippen molar-refractivity contribution in [2.45, 2.75) is 0 Å². The molecule has 1 aromatic heterocycles. The van der Waals surface area contributed by atoms with Crippen molar-refractivity contribution in [3.63, 3.8) is 0 Å². The predicted molar refractivity (Wildman–Crippen MR) is 111 cm³/mol. The minimum absolute atomic E-state index is 0.156. The molecular formula is C21H22N4O3S. The highest BCUT2D eigenvalue weighted by molar-refractivity contribution is 7.88. The van der Waals surface area contributed by atoms with E-state index in [0.29, 0.717) is 37.6 Å². The molecule has 0 unspecified atom stereocenters. The average Bonchev–Trinajstić information content (AvgIpc) is 3.19. The van der Waals surface area contributed by atoms with Crippen LogP contribution in [0.4, 0.5) is 0 Å². The Bertz CT molecular complexity index is 1100. The van der Waals surface area contributed by atoms with Crippen molar-refractivity contribution in [3.8, 4) is 16.9 Å². The van der Waals surface area contributed by atoms with Gasteiger partial charge in [0.25, 0.3) is 5.91 Å². The number of benzene rings is 2. The Kier molecular flexibility index (Phi) is 5.21. The number of hydrogen-bond donors (Lipinski definition) is 0. The molecule has 0 spiro atoms. The zero-order chi connectivity index (χ0) is 20.4. The number of hydrogen-bond acceptors (Lipinski definition) is 4. The molecule has 7 nitrogen and oxygen atoms in total. The van der Waals surface area contributed by atoms with Crippen molar-refractivity contribution < 1.29 is 13.2 Å². The van der Waals surface area contributed by atoms with Crippen LogP contribution in [0.3, 0.4) is 0 Å². The van der Waals surface area contributed by atoms with Gasteiger partial charge in [0, 0.05) is 31.7 Å². The molecule has 0 atom stereocenters. The second-order valence-corrected chi connectivity index (χ2v) is 8.96. The number of amides is 1. The van der Waals surface area contributed by atoms with E-state index in [4.69, 9.17) is 0 Å². The zero-order valence-electron chi connectivity index (χ0n) is 16.1. The number of nitrogens with zero attached hydrogens (tertiary/aromatic N) is 4. The predicted octanol–water partition coefficient (Wildman–Crippen LogP) is 2.26. The molecule has 29 heavy (non-hydrogen) atoms. The van der Waals surface area contributed by atoms with Crippen LogP contribution < -0.4 is 0 Å². The number of carbonyl (C=O) groups excluding carboxylic acids is 1. The topological polar surface area (TPSA) is 75.5 Å². The maximum Gasteiger partial charge on any atom is 0.272 e. The summed E-state index contributed by atoms with van der Waals surface area (Å²) >= 11 is 0. The van der Waals surface area contributed by atoms with Crippen LogP contribution >= 0.6 is 0 Å².